The fourth-order valence-electron chi connectivity index (χ4n) is 3.46. The SMILES string of the molecule is COc1ccc(N=C2S[C@@H](C(=O)Nc3ccc(C(=O)O)cc3)CC(=O)N2Cc2ccc(F)cc2)cc1. The third kappa shape index (κ3) is 6.08. The third-order valence-electron chi connectivity index (χ3n) is 5.38. The summed E-state index contributed by atoms with van der Waals surface area (Å²) in [6.07, 6.45) is -0.0630. The van der Waals surface area contributed by atoms with E-state index in [1.165, 1.54) is 41.3 Å². The standard InChI is InChI=1S/C26H22FN3O5S/c1-35-21-12-10-20(11-13-21)29-26-30(15-16-2-6-18(27)7-3-16)23(31)14-22(36-26)24(32)28-19-8-4-17(5-9-19)25(33)34/h2-13,22H,14-15H2,1H3,(H,28,32)(H,33,34)/t22-/m1/s1. The summed E-state index contributed by atoms with van der Waals surface area (Å²) < 4.78 is 18.5. The van der Waals surface area contributed by atoms with Crippen molar-refractivity contribution in [2.45, 2.75) is 18.2 Å². The molecule has 1 saturated heterocycles. The van der Waals surface area contributed by atoms with Crippen LogP contribution in [0, 0.1) is 5.82 Å². The number of carboxylic acids is 1. The number of carbonyl (C=O) groups is 3. The average molecular weight is 508 g/mol. The minimum atomic E-state index is -1.07. The molecule has 10 heteroatoms. The number of ether oxygens (including phenoxy) is 1. The van der Waals surface area contributed by atoms with Crippen LogP contribution in [0.1, 0.15) is 22.3 Å². The third-order valence-corrected chi connectivity index (χ3v) is 6.57. The highest BCUT2D eigenvalue weighted by molar-refractivity contribution is 8.15. The molecule has 0 spiro atoms. The minimum absolute atomic E-state index is 0.0630. The number of nitrogens with one attached hydrogen (secondary N) is 1. The van der Waals surface area contributed by atoms with E-state index in [0.29, 0.717) is 27.9 Å². The van der Waals surface area contributed by atoms with Gasteiger partial charge < -0.3 is 15.2 Å². The molecule has 4 rings (SSSR count). The van der Waals surface area contributed by atoms with Crippen LogP contribution in [0.15, 0.2) is 77.8 Å². The normalized spacial score (nSPS) is 16.6. The van der Waals surface area contributed by atoms with Crippen molar-refractivity contribution >= 4 is 46.1 Å². The number of aliphatic imine (C=N–C) groups is 1. The van der Waals surface area contributed by atoms with Gasteiger partial charge in [0.05, 0.1) is 24.9 Å². The molecule has 2 amide bonds. The first-order chi connectivity index (χ1) is 17.3. The van der Waals surface area contributed by atoms with Crippen LogP contribution in [-0.4, -0.2) is 45.3 Å². The monoisotopic (exact) mass is 507 g/mol. The predicted molar refractivity (Wildman–Crippen MR) is 135 cm³/mol. The van der Waals surface area contributed by atoms with Crippen molar-refractivity contribution in [2.24, 2.45) is 4.99 Å². The van der Waals surface area contributed by atoms with Gasteiger partial charge >= 0.3 is 5.97 Å². The van der Waals surface area contributed by atoms with Crippen LogP contribution in [0.4, 0.5) is 15.8 Å². The van der Waals surface area contributed by atoms with Gasteiger partial charge in [0.1, 0.15) is 16.8 Å². The van der Waals surface area contributed by atoms with Crippen LogP contribution in [0.5, 0.6) is 5.75 Å². The molecular weight excluding hydrogens is 485 g/mol. The lowest BCUT2D eigenvalue weighted by molar-refractivity contribution is -0.129. The molecule has 36 heavy (non-hydrogen) atoms. The van der Waals surface area contributed by atoms with Crippen molar-refractivity contribution in [3.8, 4) is 5.75 Å². The smallest absolute Gasteiger partial charge is 0.335 e. The van der Waals surface area contributed by atoms with Gasteiger partial charge in [0.15, 0.2) is 5.17 Å². The molecule has 0 unspecified atom stereocenters. The first-order valence-electron chi connectivity index (χ1n) is 10.9. The lowest BCUT2D eigenvalue weighted by atomic mass is 10.2. The zero-order chi connectivity index (χ0) is 25.7. The van der Waals surface area contributed by atoms with Crippen molar-refractivity contribution < 1.29 is 28.6 Å². The maximum absolute atomic E-state index is 13.4. The summed E-state index contributed by atoms with van der Waals surface area (Å²) in [5.74, 6) is -1.49. The second kappa shape index (κ2) is 11.0. The number of anilines is 1. The molecule has 0 radical (unpaired) electrons. The second-order valence-corrected chi connectivity index (χ2v) is 9.05. The molecule has 0 saturated carbocycles. The number of rotatable bonds is 7. The fourth-order valence-corrected chi connectivity index (χ4v) is 4.55. The van der Waals surface area contributed by atoms with Crippen LogP contribution in [-0.2, 0) is 16.1 Å². The Bertz CT molecular complexity index is 1290. The highest BCUT2D eigenvalue weighted by Crippen LogP contribution is 2.31. The number of benzene rings is 3. The number of methoxy groups -OCH3 is 1. The summed E-state index contributed by atoms with van der Waals surface area (Å²) in [5.41, 5.74) is 1.80. The molecule has 184 valence electrons. The zero-order valence-electron chi connectivity index (χ0n) is 19.2. The molecule has 0 aliphatic carbocycles. The number of carboxylic acid groups (broad SMARTS) is 1. The molecule has 8 nitrogen and oxygen atoms in total. The van der Waals surface area contributed by atoms with E-state index >= 15 is 0 Å². The van der Waals surface area contributed by atoms with Gasteiger partial charge in [-0.3, -0.25) is 14.5 Å². The van der Waals surface area contributed by atoms with E-state index in [4.69, 9.17) is 9.84 Å². The number of carbonyl (C=O) groups excluding carboxylic acids is 2. The van der Waals surface area contributed by atoms with Gasteiger partial charge in [-0.25, -0.2) is 14.2 Å². The molecule has 3 aromatic carbocycles. The maximum atomic E-state index is 13.4. The van der Waals surface area contributed by atoms with Gasteiger partial charge in [-0.15, -0.1) is 0 Å². The molecular formula is C26H22FN3O5S. The van der Waals surface area contributed by atoms with Crippen LogP contribution in [0.2, 0.25) is 0 Å². The van der Waals surface area contributed by atoms with Crippen LogP contribution < -0.4 is 10.1 Å². The fraction of sp³-hybridized carbons (Fsp3) is 0.154. The Morgan fingerprint density at radius 3 is 2.36 bits per heavy atom. The number of nitrogens with zero attached hydrogens (tertiary/aromatic N) is 2. The molecule has 1 atom stereocenters. The molecule has 3 aromatic rings. The number of thioether (sulfide) groups is 1. The van der Waals surface area contributed by atoms with Crippen LogP contribution in [0.3, 0.4) is 0 Å². The van der Waals surface area contributed by atoms with Crippen molar-refractivity contribution in [1.29, 1.82) is 0 Å². The largest absolute Gasteiger partial charge is 0.497 e. The molecule has 1 aliphatic heterocycles. The van der Waals surface area contributed by atoms with E-state index in [1.54, 1.807) is 43.5 Å². The number of aromatic carboxylic acids is 1. The van der Waals surface area contributed by atoms with Crippen LogP contribution in [0.25, 0.3) is 0 Å². The predicted octanol–water partition coefficient (Wildman–Crippen LogP) is 4.69. The first-order valence-corrected chi connectivity index (χ1v) is 11.8. The van der Waals surface area contributed by atoms with Gasteiger partial charge in [0.25, 0.3) is 0 Å². The van der Waals surface area contributed by atoms with E-state index in [1.807, 2.05) is 0 Å². The summed E-state index contributed by atoms with van der Waals surface area (Å²) in [5, 5.41) is 11.4. The number of amides is 2. The number of hydrogen-bond acceptors (Lipinski definition) is 6. The van der Waals surface area contributed by atoms with Gasteiger partial charge in [0.2, 0.25) is 11.8 Å². The average Bonchev–Trinajstić information content (AvgIpc) is 2.87. The summed E-state index contributed by atoms with van der Waals surface area (Å²) in [4.78, 5) is 43.3. The summed E-state index contributed by atoms with van der Waals surface area (Å²) in [7, 11) is 1.55. The van der Waals surface area contributed by atoms with Gasteiger partial charge in [-0.05, 0) is 66.2 Å². The van der Waals surface area contributed by atoms with E-state index in [0.717, 1.165) is 11.8 Å². The van der Waals surface area contributed by atoms with E-state index in [9.17, 15) is 18.8 Å². The van der Waals surface area contributed by atoms with E-state index in [2.05, 4.69) is 10.3 Å². The lowest BCUT2D eigenvalue weighted by Crippen LogP contribution is -2.44. The van der Waals surface area contributed by atoms with E-state index in [-0.39, 0.29) is 30.3 Å². The lowest BCUT2D eigenvalue weighted by Gasteiger charge is -2.32. The maximum Gasteiger partial charge on any atom is 0.335 e. The minimum Gasteiger partial charge on any atom is -0.497 e. The topological polar surface area (TPSA) is 108 Å². The Morgan fingerprint density at radius 1 is 1.08 bits per heavy atom. The van der Waals surface area contributed by atoms with Crippen LogP contribution >= 0.6 is 11.8 Å². The Balaban J connectivity index is 1.57. The summed E-state index contributed by atoms with van der Waals surface area (Å²) >= 11 is 1.15. The highest BCUT2D eigenvalue weighted by Gasteiger charge is 2.36. The number of amidine groups is 1. The Kier molecular flexibility index (Phi) is 7.65. The van der Waals surface area contributed by atoms with Crippen molar-refractivity contribution in [2.75, 3.05) is 12.4 Å². The van der Waals surface area contributed by atoms with Gasteiger partial charge in [-0.1, -0.05) is 23.9 Å². The van der Waals surface area contributed by atoms with Gasteiger partial charge in [0, 0.05) is 12.1 Å². The molecule has 1 aliphatic rings. The molecule has 2 N–H and O–H groups in total. The molecule has 0 aromatic heterocycles. The molecule has 1 heterocycles. The quantitative estimate of drug-likeness (QED) is 0.480. The Morgan fingerprint density at radius 2 is 1.75 bits per heavy atom. The Labute approximate surface area is 210 Å². The number of halogens is 1. The molecule has 1 fully saturated rings. The van der Waals surface area contributed by atoms with Crippen molar-refractivity contribution in [3.63, 3.8) is 0 Å². The van der Waals surface area contributed by atoms with Gasteiger partial charge in [-0.2, -0.15) is 0 Å². The van der Waals surface area contributed by atoms with Crippen molar-refractivity contribution in [3.05, 3.63) is 89.7 Å². The first kappa shape index (κ1) is 24.9. The van der Waals surface area contributed by atoms with Crippen molar-refractivity contribution in [1.82, 2.24) is 4.90 Å². The molecule has 0 bridgehead atoms. The zero-order valence-corrected chi connectivity index (χ0v) is 20.0. The number of hydrogen-bond donors (Lipinski definition) is 2. The second-order valence-electron chi connectivity index (χ2n) is 7.88. The highest BCUT2D eigenvalue weighted by atomic mass is 32.2. The Hall–Kier alpha value is -4.18. The van der Waals surface area contributed by atoms with E-state index < -0.39 is 17.1 Å². The summed E-state index contributed by atoms with van der Waals surface area (Å²) in [6.45, 7) is 0.173. The summed E-state index contributed by atoms with van der Waals surface area (Å²) in [6, 6.07) is 18.5.